The number of halogens is 1. The third-order valence-electron chi connectivity index (χ3n) is 5.55. The van der Waals surface area contributed by atoms with Crippen molar-refractivity contribution in [3.05, 3.63) is 24.3 Å². The Balaban J connectivity index is 0.00000300. The fourth-order valence-corrected chi connectivity index (χ4v) is 3.76. The number of carbonyl (C=O) groups excluding carboxylic acids is 1. The molecule has 1 aromatic carbocycles. The molecule has 0 atom stereocenters. The molecule has 1 aromatic rings. The molecule has 2 aliphatic rings. The molecular formula is C21H34IN5O2. The van der Waals surface area contributed by atoms with Gasteiger partial charge in [0.1, 0.15) is 12.3 Å². The summed E-state index contributed by atoms with van der Waals surface area (Å²) in [5.74, 6) is 1.79. The Hall–Kier alpha value is -1.71. The molecule has 1 heterocycles. The molecule has 7 nitrogen and oxygen atoms in total. The Labute approximate surface area is 191 Å². The SMILES string of the molecule is COc1cccc(N2CCN(C(=NCC(=O)N(C)C)NC3CCCC3)CC2)c1.I. The third kappa shape index (κ3) is 6.65. The minimum atomic E-state index is 0. The topological polar surface area (TPSA) is 60.4 Å². The fourth-order valence-electron chi connectivity index (χ4n) is 3.76. The summed E-state index contributed by atoms with van der Waals surface area (Å²) in [4.78, 5) is 22.9. The molecule has 0 bridgehead atoms. The van der Waals surface area contributed by atoms with E-state index in [9.17, 15) is 4.79 Å². The van der Waals surface area contributed by atoms with Crippen molar-refractivity contribution in [1.29, 1.82) is 0 Å². The molecule has 0 radical (unpaired) electrons. The number of nitrogens with zero attached hydrogens (tertiary/aromatic N) is 4. The van der Waals surface area contributed by atoms with Gasteiger partial charge in [0.25, 0.3) is 0 Å². The first-order chi connectivity index (χ1) is 13.6. The first kappa shape index (κ1) is 23.6. The quantitative estimate of drug-likeness (QED) is 0.371. The zero-order valence-corrected chi connectivity index (χ0v) is 20.1. The highest BCUT2D eigenvalue weighted by molar-refractivity contribution is 14.0. The van der Waals surface area contributed by atoms with Crippen LogP contribution in [0.1, 0.15) is 25.7 Å². The number of carbonyl (C=O) groups is 1. The lowest BCUT2D eigenvalue weighted by atomic mass is 10.2. The van der Waals surface area contributed by atoms with Crippen LogP contribution in [0.4, 0.5) is 5.69 Å². The first-order valence-electron chi connectivity index (χ1n) is 10.2. The molecule has 1 aliphatic heterocycles. The second kappa shape index (κ2) is 11.5. The van der Waals surface area contributed by atoms with Crippen molar-refractivity contribution < 1.29 is 9.53 Å². The highest BCUT2D eigenvalue weighted by Gasteiger charge is 2.24. The second-order valence-corrected chi connectivity index (χ2v) is 7.73. The predicted octanol–water partition coefficient (Wildman–Crippen LogP) is 2.41. The molecule has 0 unspecified atom stereocenters. The molecular weight excluding hydrogens is 481 g/mol. The molecule has 1 amide bonds. The van der Waals surface area contributed by atoms with Crippen LogP contribution in [0, 0.1) is 0 Å². The maximum absolute atomic E-state index is 12.0. The number of hydrogen-bond donors (Lipinski definition) is 1. The Morgan fingerprint density at radius 1 is 1.21 bits per heavy atom. The van der Waals surface area contributed by atoms with E-state index in [2.05, 4.69) is 32.2 Å². The number of amides is 1. The third-order valence-corrected chi connectivity index (χ3v) is 5.55. The van der Waals surface area contributed by atoms with Crippen molar-refractivity contribution in [3.8, 4) is 5.75 Å². The number of anilines is 1. The largest absolute Gasteiger partial charge is 0.497 e. The van der Waals surface area contributed by atoms with Crippen LogP contribution < -0.4 is 15.0 Å². The summed E-state index contributed by atoms with van der Waals surface area (Å²) in [7, 11) is 5.24. The van der Waals surface area contributed by atoms with Crippen LogP contribution in [0.3, 0.4) is 0 Å². The van der Waals surface area contributed by atoms with Crippen LogP contribution in [0.5, 0.6) is 5.75 Å². The summed E-state index contributed by atoms with van der Waals surface area (Å²) in [6.45, 7) is 3.79. The lowest BCUT2D eigenvalue weighted by molar-refractivity contribution is -0.127. The maximum atomic E-state index is 12.0. The fraction of sp³-hybridized carbons (Fsp3) is 0.619. The zero-order valence-electron chi connectivity index (χ0n) is 17.8. The average molecular weight is 515 g/mol. The van der Waals surface area contributed by atoms with Gasteiger partial charge >= 0.3 is 0 Å². The van der Waals surface area contributed by atoms with Gasteiger partial charge in [0.15, 0.2) is 5.96 Å². The smallest absolute Gasteiger partial charge is 0.243 e. The van der Waals surface area contributed by atoms with Gasteiger partial charge in [-0.25, -0.2) is 4.99 Å². The average Bonchev–Trinajstić information content (AvgIpc) is 3.24. The van der Waals surface area contributed by atoms with Crippen LogP contribution >= 0.6 is 24.0 Å². The molecule has 162 valence electrons. The van der Waals surface area contributed by atoms with E-state index in [0.717, 1.165) is 37.9 Å². The van der Waals surface area contributed by atoms with Gasteiger partial charge in [0.2, 0.25) is 5.91 Å². The highest BCUT2D eigenvalue weighted by atomic mass is 127. The molecule has 1 saturated carbocycles. The number of nitrogens with one attached hydrogen (secondary N) is 1. The van der Waals surface area contributed by atoms with E-state index in [0.29, 0.717) is 6.04 Å². The standard InChI is InChI=1S/C21H33N5O2.HI/c1-24(2)20(27)16-22-21(23-17-7-4-5-8-17)26-13-11-25(12-14-26)18-9-6-10-19(15-18)28-3;/h6,9-10,15,17H,4-5,7-8,11-14,16H2,1-3H3,(H,22,23);1H. The van der Waals surface area contributed by atoms with Crippen LogP contribution in [0.15, 0.2) is 29.3 Å². The maximum Gasteiger partial charge on any atom is 0.243 e. The van der Waals surface area contributed by atoms with E-state index in [1.807, 2.05) is 12.1 Å². The zero-order chi connectivity index (χ0) is 19.9. The predicted molar refractivity (Wildman–Crippen MR) is 129 cm³/mol. The Morgan fingerprint density at radius 3 is 2.52 bits per heavy atom. The van der Waals surface area contributed by atoms with E-state index >= 15 is 0 Å². The van der Waals surface area contributed by atoms with Crippen molar-refractivity contribution in [3.63, 3.8) is 0 Å². The van der Waals surface area contributed by atoms with Crippen molar-refractivity contribution in [2.24, 2.45) is 4.99 Å². The van der Waals surface area contributed by atoms with Gasteiger partial charge in [-0.1, -0.05) is 18.9 Å². The van der Waals surface area contributed by atoms with Crippen LogP contribution in [0.2, 0.25) is 0 Å². The number of aliphatic imine (C=N–C) groups is 1. The Kier molecular flexibility index (Phi) is 9.32. The molecule has 0 aromatic heterocycles. The summed E-state index contributed by atoms with van der Waals surface area (Å²) in [5, 5.41) is 3.62. The molecule has 29 heavy (non-hydrogen) atoms. The summed E-state index contributed by atoms with van der Waals surface area (Å²) < 4.78 is 5.35. The lowest BCUT2D eigenvalue weighted by Gasteiger charge is -2.38. The molecule has 8 heteroatoms. The van der Waals surface area contributed by atoms with E-state index in [1.54, 1.807) is 26.1 Å². The van der Waals surface area contributed by atoms with E-state index in [4.69, 9.17) is 4.74 Å². The van der Waals surface area contributed by atoms with Crippen molar-refractivity contribution in [1.82, 2.24) is 15.1 Å². The van der Waals surface area contributed by atoms with Crippen LogP contribution in [-0.4, -0.2) is 81.6 Å². The van der Waals surface area contributed by atoms with Gasteiger partial charge in [-0.2, -0.15) is 0 Å². The summed E-state index contributed by atoms with van der Waals surface area (Å²) in [5.41, 5.74) is 1.18. The molecule has 0 spiro atoms. The van der Waals surface area contributed by atoms with Crippen LogP contribution in [0.25, 0.3) is 0 Å². The van der Waals surface area contributed by atoms with Crippen LogP contribution in [-0.2, 0) is 4.79 Å². The van der Waals surface area contributed by atoms with Crippen molar-refractivity contribution in [2.45, 2.75) is 31.7 Å². The molecule has 1 aliphatic carbocycles. The lowest BCUT2D eigenvalue weighted by Crippen LogP contribution is -2.54. The summed E-state index contributed by atoms with van der Waals surface area (Å²) in [6.07, 6.45) is 4.91. The highest BCUT2D eigenvalue weighted by Crippen LogP contribution is 2.22. The monoisotopic (exact) mass is 515 g/mol. The number of rotatable bonds is 5. The number of guanidine groups is 1. The number of hydrogen-bond acceptors (Lipinski definition) is 4. The second-order valence-electron chi connectivity index (χ2n) is 7.73. The minimum Gasteiger partial charge on any atom is -0.497 e. The van der Waals surface area contributed by atoms with Gasteiger partial charge in [-0.05, 0) is 25.0 Å². The van der Waals surface area contributed by atoms with Gasteiger partial charge in [-0.3, -0.25) is 4.79 Å². The summed E-state index contributed by atoms with van der Waals surface area (Å²) in [6, 6.07) is 8.68. The normalized spacial score (nSPS) is 17.7. The number of benzene rings is 1. The summed E-state index contributed by atoms with van der Waals surface area (Å²) >= 11 is 0. The Morgan fingerprint density at radius 2 is 1.90 bits per heavy atom. The molecule has 1 N–H and O–H groups in total. The number of methoxy groups -OCH3 is 1. The number of piperazine rings is 1. The van der Waals surface area contributed by atoms with Gasteiger partial charge in [0.05, 0.1) is 7.11 Å². The number of ether oxygens (including phenoxy) is 1. The van der Waals surface area contributed by atoms with Crippen molar-refractivity contribution >= 4 is 41.5 Å². The van der Waals surface area contributed by atoms with Gasteiger partial charge < -0.3 is 24.8 Å². The minimum absolute atomic E-state index is 0. The van der Waals surface area contributed by atoms with Crippen molar-refractivity contribution in [2.75, 3.05) is 58.8 Å². The van der Waals surface area contributed by atoms with Gasteiger partial charge in [0, 0.05) is 58.1 Å². The Bertz CT molecular complexity index is 683. The molecule has 2 fully saturated rings. The van der Waals surface area contributed by atoms with Gasteiger partial charge in [-0.15, -0.1) is 24.0 Å². The molecule has 3 rings (SSSR count). The first-order valence-corrected chi connectivity index (χ1v) is 10.2. The van der Waals surface area contributed by atoms with E-state index in [1.165, 1.54) is 31.4 Å². The molecule has 1 saturated heterocycles. The van der Waals surface area contributed by atoms with E-state index < -0.39 is 0 Å². The van der Waals surface area contributed by atoms with E-state index in [-0.39, 0.29) is 36.4 Å². The number of likely N-dealkylation sites (N-methyl/N-ethyl adjacent to an activating group) is 1.